The first-order chi connectivity index (χ1) is 12.8. The summed E-state index contributed by atoms with van der Waals surface area (Å²) >= 11 is 1.03. The average Bonchev–Trinajstić information content (AvgIpc) is 3.29. The average molecular weight is 400 g/mol. The maximum atomic E-state index is 12.9. The van der Waals surface area contributed by atoms with E-state index >= 15 is 0 Å². The molecule has 0 atom stereocenters. The van der Waals surface area contributed by atoms with Crippen LogP contribution in [0.3, 0.4) is 0 Å². The molecular formula is C18H19F3N2O3S. The Bertz CT molecular complexity index is 853. The number of hydrogen-bond donors (Lipinski definition) is 0. The number of piperidine rings is 1. The van der Waals surface area contributed by atoms with Gasteiger partial charge in [-0.2, -0.15) is 13.2 Å². The Balaban J connectivity index is 1.52. The zero-order valence-corrected chi connectivity index (χ0v) is 15.5. The maximum Gasteiger partial charge on any atom is 0.433 e. The topological polar surface area (TPSA) is 51.7 Å². The number of halogens is 3. The number of rotatable bonds is 2. The summed E-state index contributed by atoms with van der Waals surface area (Å²) in [5, 5.41) is 0.596. The van der Waals surface area contributed by atoms with Gasteiger partial charge in [-0.15, -0.1) is 11.3 Å². The number of hydrogen-bond acceptors (Lipinski definition) is 5. The minimum atomic E-state index is -4.50. The van der Waals surface area contributed by atoms with Gasteiger partial charge < -0.3 is 14.4 Å². The third-order valence-corrected chi connectivity index (χ3v) is 6.34. The molecule has 0 bridgehead atoms. The number of aryl methyl sites for hydroxylation is 1. The normalized spacial score (nSPS) is 19.9. The van der Waals surface area contributed by atoms with Gasteiger partial charge in [0.15, 0.2) is 6.29 Å². The van der Waals surface area contributed by atoms with Crippen LogP contribution in [0.15, 0.2) is 12.1 Å². The molecule has 2 aromatic heterocycles. The van der Waals surface area contributed by atoms with Gasteiger partial charge in [-0.1, -0.05) is 0 Å². The zero-order chi connectivity index (χ0) is 19.2. The number of thiophene rings is 1. The molecule has 4 heterocycles. The largest absolute Gasteiger partial charge is 0.433 e. The van der Waals surface area contributed by atoms with E-state index in [0.29, 0.717) is 42.1 Å². The summed E-state index contributed by atoms with van der Waals surface area (Å²) in [7, 11) is 0. The second-order valence-electron chi connectivity index (χ2n) is 6.84. The number of fused-ring (bicyclic) bond motifs is 1. The standard InChI is InChI=1S/C18H19F3N2O3S/c1-10-12-2-3-13(18(19,20)21)22-15(12)27-14(10)16(24)23-6-4-11(5-7-23)17-25-8-9-26-17/h2-3,11,17H,4-9H2,1H3. The van der Waals surface area contributed by atoms with Crippen molar-refractivity contribution in [3.05, 3.63) is 28.3 Å². The Morgan fingerprint density at radius 2 is 1.89 bits per heavy atom. The van der Waals surface area contributed by atoms with Crippen molar-refractivity contribution in [2.24, 2.45) is 5.92 Å². The fourth-order valence-corrected chi connectivity index (χ4v) is 4.78. The van der Waals surface area contributed by atoms with Gasteiger partial charge in [0.05, 0.1) is 18.1 Å². The second-order valence-corrected chi connectivity index (χ2v) is 7.84. The molecule has 0 aromatic carbocycles. The van der Waals surface area contributed by atoms with E-state index in [1.807, 2.05) is 0 Å². The van der Waals surface area contributed by atoms with Crippen molar-refractivity contribution in [3.8, 4) is 0 Å². The highest BCUT2D eigenvalue weighted by Crippen LogP contribution is 2.35. The molecule has 146 valence electrons. The summed E-state index contributed by atoms with van der Waals surface area (Å²) in [5.41, 5.74) is -0.251. The van der Waals surface area contributed by atoms with Crippen molar-refractivity contribution in [1.29, 1.82) is 0 Å². The van der Waals surface area contributed by atoms with Crippen molar-refractivity contribution in [3.63, 3.8) is 0 Å². The molecule has 0 saturated carbocycles. The van der Waals surface area contributed by atoms with Gasteiger partial charge in [0.25, 0.3) is 5.91 Å². The fourth-order valence-electron chi connectivity index (χ4n) is 3.63. The van der Waals surface area contributed by atoms with Crippen LogP contribution in [0.1, 0.15) is 33.8 Å². The molecule has 0 N–H and O–H groups in total. The van der Waals surface area contributed by atoms with Crippen molar-refractivity contribution in [2.75, 3.05) is 26.3 Å². The Hall–Kier alpha value is -1.71. The molecule has 2 aromatic rings. The minimum absolute atomic E-state index is 0.143. The summed E-state index contributed by atoms with van der Waals surface area (Å²) < 4.78 is 49.7. The van der Waals surface area contributed by atoms with Crippen molar-refractivity contribution in [1.82, 2.24) is 9.88 Å². The number of amides is 1. The van der Waals surface area contributed by atoms with Crippen LogP contribution in [-0.2, 0) is 15.7 Å². The molecule has 0 unspecified atom stereocenters. The number of likely N-dealkylation sites (tertiary alicyclic amines) is 1. The first kappa shape index (κ1) is 18.6. The van der Waals surface area contributed by atoms with Crippen molar-refractivity contribution >= 4 is 27.5 Å². The van der Waals surface area contributed by atoms with E-state index in [1.54, 1.807) is 11.8 Å². The lowest BCUT2D eigenvalue weighted by Gasteiger charge is -2.33. The molecule has 27 heavy (non-hydrogen) atoms. The number of carbonyl (C=O) groups excluding carboxylic acids is 1. The van der Waals surface area contributed by atoms with Gasteiger partial charge in [0.1, 0.15) is 10.5 Å². The number of aromatic nitrogens is 1. The third-order valence-electron chi connectivity index (χ3n) is 5.15. The van der Waals surface area contributed by atoms with Gasteiger partial charge in [-0.05, 0) is 37.5 Å². The van der Waals surface area contributed by atoms with Gasteiger partial charge in [0.2, 0.25) is 0 Å². The van der Waals surface area contributed by atoms with Gasteiger partial charge in [-0.25, -0.2) is 4.98 Å². The van der Waals surface area contributed by atoms with Crippen LogP contribution in [0, 0.1) is 12.8 Å². The molecule has 0 radical (unpaired) electrons. The number of pyridine rings is 1. The van der Waals surface area contributed by atoms with Crippen LogP contribution in [0.5, 0.6) is 0 Å². The smallest absolute Gasteiger partial charge is 0.350 e. The number of alkyl halides is 3. The monoisotopic (exact) mass is 400 g/mol. The van der Waals surface area contributed by atoms with E-state index in [9.17, 15) is 18.0 Å². The van der Waals surface area contributed by atoms with Crippen molar-refractivity contribution in [2.45, 2.75) is 32.2 Å². The SMILES string of the molecule is Cc1c(C(=O)N2CCC(C3OCCO3)CC2)sc2nc(C(F)(F)F)ccc12. The predicted molar refractivity (Wildman–Crippen MR) is 93.7 cm³/mol. The molecule has 5 nitrogen and oxygen atoms in total. The fraction of sp³-hybridized carbons (Fsp3) is 0.556. The van der Waals surface area contributed by atoms with E-state index < -0.39 is 11.9 Å². The second kappa shape index (κ2) is 7.03. The Morgan fingerprint density at radius 3 is 2.52 bits per heavy atom. The molecular weight excluding hydrogens is 381 g/mol. The first-order valence-corrected chi connectivity index (χ1v) is 9.66. The Kier molecular flexibility index (Phi) is 4.85. The molecule has 2 aliphatic heterocycles. The highest BCUT2D eigenvalue weighted by molar-refractivity contribution is 7.20. The predicted octanol–water partition coefficient (Wildman–Crippen LogP) is 3.85. The van der Waals surface area contributed by atoms with E-state index in [4.69, 9.17) is 9.47 Å². The highest BCUT2D eigenvalue weighted by Gasteiger charge is 2.35. The quantitative estimate of drug-likeness (QED) is 0.769. The van der Waals surface area contributed by atoms with Crippen LogP contribution in [-0.4, -0.2) is 48.4 Å². The minimum Gasteiger partial charge on any atom is -0.350 e. The van der Waals surface area contributed by atoms with E-state index in [2.05, 4.69) is 4.98 Å². The maximum absolute atomic E-state index is 12.9. The first-order valence-electron chi connectivity index (χ1n) is 8.84. The molecule has 1 amide bonds. The lowest BCUT2D eigenvalue weighted by Crippen LogP contribution is -2.41. The van der Waals surface area contributed by atoms with Gasteiger partial charge in [0, 0.05) is 24.4 Å². The molecule has 9 heteroatoms. The van der Waals surface area contributed by atoms with Crippen LogP contribution in [0.25, 0.3) is 10.2 Å². The van der Waals surface area contributed by atoms with Crippen LogP contribution in [0.4, 0.5) is 13.2 Å². The van der Waals surface area contributed by atoms with Gasteiger partial charge in [-0.3, -0.25) is 4.79 Å². The third kappa shape index (κ3) is 3.55. The van der Waals surface area contributed by atoms with E-state index in [0.717, 1.165) is 30.2 Å². The molecule has 2 saturated heterocycles. The Labute approximate surface area is 158 Å². The summed E-state index contributed by atoms with van der Waals surface area (Å²) in [4.78, 5) is 19.1. The van der Waals surface area contributed by atoms with Crippen LogP contribution in [0.2, 0.25) is 0 Å². The van der Waals surface area contributed by atoms with E-state index in [-0.39, 0.29) is 22.9 Å². The number of ether oxygens (including phenoxy) is 2. The number of carbonyl (C=O) groups is 1. The zero-order valence-electron chi connectivity index (χ0n) is 14.7. The summed E-state index contributed by atoms with van der Waals surface area (Å²) in [5.74, 6) is 0.131. The van der Waals surface area contributed by atoms with Crippen LogP contribution < -0.4 is 0 Å². The highest BCUT2D eigenvalue weighted by atomic mass is 32.1. The van der Waals surface area contributed by atoms with Gasteiger partial charge >= 0.3 is 6.18 Å². The molecule has 4 rings (SSSR count). The van der Waals surface area contributed by atoms with E-state index in [1.165, 1.54) is 6.07 Å². The molecule has 2 fully saturated rings. The summed E-state index contributed by atoms with van der Waals surface area (Å²) in [6.07, 6.45) is -3.10. The lowest BCUT2D eigenvalue weighted by molar-refractivity contribution is -0.140. The summed E-state index contributed by atoms with van der Waals surface area (Å²) in [6, 6.07) is 2.36. The summed E-state index contributed by atoms with van der Waals surface area (Å²) in [6.45, 7) is 4.15. The van der Waals surface area contributed by atoms with Crippen LogP contribution >= 0.6 is 11.3 Å². The molecule has 2 aliphatic rings. The molecule has 0 spiro atoms. The Morgan fingerprint density at radius 1 is 1.22 bits per heavy atom. The molecule has 0 aliphatic carbocycles. The number of nitrogens with zero attached hydrogens (tertiary/aromatic N) is 2. The lowest BCUT2D eigenvalue weighted by atomic mass is 9.96. The van der Waals surface area contributed by atoms with Crippen molar-refractivity contribution < 1.29 is 27.4 Å².